The Labute approximate surface area is 107 Å². The maximum absolute atomic E-state index is 10.2. The lowest BCUT2D eigenvalue weighted by molar-refractivity contribution is -0.137. The van der Waals surface area contributed by atoms with E-state index in [1.807, 2.05) is 0 Å². The molecule has 5 nitrogen and oxygen atoms in total. The summed E-state index contributed by atoms with van der Waals surface area (Å²) < 4.78 is 0. The third kappa shape index (κ3) is 9.99. The SMILES string of the molecule is O=CC=CC(O)C(O)CCCCCCCC(=O)O. The Morgan fingerprint density at radius 1 is 1.06 bits per heavy atom. The van der Waals surface area contributed by atoms with Crippen LogP contribution in [0.5, 0.6) is 0 Å². The highest BCUT2D eigenvalue weighted by Crippen LogP contribution is 2.11. The summed E-state index contributed by atoms with van der Waals surface area (Å²) in [6.07, 6.45) is 5.99. The summed E-state index contributed by atoms with van der Waals surface area (Å²) in [5.41, 5.74) is 0. The van der Waals surface area contributed by atoms with Gasteiger partial charge in [-0.3, -0.25) is 9.59 Å². The average Bonchev–Trinajstić information content (AvgIpc) is 2.34. The number of hydrogen-bond acceptors (Lipinski definition) is 4. The molecule has 0 saturated carbocycles. The van der Waals surface area contributed by atoms with Crippen LogP contribution in [0.1, 0.15) is 44.9 Å². The molecule has 18 heavy (non-hydrogen) atoms. The third-order valence-electron chi connectivity index (χ3n) is 2.67. The second-order valence-corrected chi connectivity index (χ2v) is 4.28. The van der Waals surface area contributed by atoms with Gasteiger partial charge in [0.25, 0.3) is 0 Å². The van der Waals surface area contributed by atoms with E-state index in [1.54, 1.807) is 0 Å². The fourth-order valence-electron chi connectivity index (χ4n) is 1.62. The van der Waals surface area contributed by atoms with E-state index in [9.17, 15) is 19.8 Å². The first-order valence-electron chi connectivity index (χ1n) is 6.27. The number of aliphatic hydroxyl groups excluding tert-OH is 2. The molecular weight excluding hydrogens is 236 g/mol. The number of carbonyl (C=O) groups excluding carboxylic acids is 1. The molecule has 0 aromatic rings. The molecule has 0 saturated heterocycles. The van der Waals surface area contributed by atoms with Crippen molar-refractivity contribution >= 4 is 12.3 Å². The van der Waals surface area contributed by atoms with Crippen LogP contribution in [0.25, 0.3) is 0 Å². The third-order valence-corrected chi connectivity index (χ3v) is 2.67. The van der Waals surface area contributed by atoms with Crippen LogP contribution in [-0.2, 0) is 9.59 Å². The zero-order valence-electron chi connectivity index (χ0n) is 10.5. The Bertz CT molecular complexity index is 262. The van der Waals surface area contributed by atoms with Gasteiger partial charge >= 0.3 is 5.97 Å². The summed E-state index contributed by atoms with van der Waals surface area (Å²) >= 11 is 0. The highest BCUT2D eigenvalue weighted by molar-refractivity contribution is 5.66. The van der Waals surface area contributed by atoms with Crippen molar-refractivity contribution in [1.82, 2.24) is 0 Å². The molecule has 0 amide bonds. The molecule has 5 heteroatoms. The van der Waals surface area contributed by atoms with Crippen LogP contribution in [0, 0.1) is 0 Å². The highest BCUT2D eigenvalue weighted by atomic mass is 16.4. The molecule has 0 fully saturated rings. The second-order valence-electron chi connectivity index (χ2n) is 4.28. The van der Waals surface area contributed by atoms with Crippen molar-refractivity contribution in [1.29, 1.82) is 0 Å². The Balaban J connectivity index is 3.45. The summed E-state index contributed by atoms with van der Waals surface area (Å²) in [6, 6.07) is 0. The van der Waals surface area contributed by atoms with Gasteiger partial charge in [0.15, 0.2) is 0 Å². The number of carboxylic acid groups (broad SMARTS) is 1. The number of aldehydes is 1. The van der Waals surface area contributed by atoms with Gasteiger partial charge in [-0.1, -0.05) is 31.8 Å². The topological polar surface area (TPSA) is 94.8 Å². The van der Waals surface area contributed by atoms with Crippen molar-refractivity contribution in [3.8, 4) is 0 Å². The molecule has 0 heterocycles. The van der Waals surface area contributed by atoms with E-state index in [0.717, 1.165) is 25.7 Å². The van der Waals surface area contributed by atoms with Gasteiger partial charge in [0.1, 0.15) is 6.29 Å². The van der Waals surface area contributed by atoms with Crippen molar-refractivity contribution < 1.29 is 24.9 Å². The number of rotatable bonds is 11. The van der Waals surface area contributed by atoms with Gasteiger partial charge in [-0.05, 0) is 18.9 Å². The second kappa shape index (κ2) is 10.9. The zero-order chi connectivity index (χ0) is 13.8. The molecule has 0 aliphatic rings. The molecule has 0 rings (SSSR count). The Kier molecular flexibility index (Phi) is 10.2. The Hall–Kier alpha value is -1.20. The summed E-state index contributed by atoms with van der Waals surface area (Å²) in [4.78, 5) is 20.3. The van der Waals surface area contributed by atoms with Gasteiger partial charge in [-0.25, -0.2) is 0 Å². The van der Waals surface area contributed by atoms with E-state index in [1.165, 1.54) is 12.2 Å². The molecular formula is C13H22O5. The van der Waals surface area contributed by atoms with Crippen LogP contribution in [0.2, 0.25) is 0 Å². The van der Waals surface area contributed by atoms with Gasteiger partial charge < -0.3 is 15.3 Å². The van der Waals surface area contributed by atoms with Crippen LogP contribution < -0.4 is 0 Å². The standard InChI is InChI=1S/C13H22O5/c14-10-6-8-12(16)11(15)7-4-2-1-3-5-9-13(17)18/h6,8,10-12,15-16H,1-5,7,9H2,(H,17,18). The normalized spacial score (nSPS) is 14.6. The summed E-state index contributed by atoms with van der Waals surface area (Å²) in [5.74, 6) is -0.768. The number of allylic oxidation sites excluding steroid dienone is 1. The Morgan fingerprint density at radius 3 is 2.28 bits per heavy atom. The molecule has 0 aromatic heterocycles. The van der Waals surface area contributed by atoms with E-state index in [0.29, 0.717) is 19.1 Å². The van der Waals surface area contributed by atoms with Gasteiger partial charge in [-0.15, -0.1) is 0 Å². The van der Waals surface area contributed by atoms with E-state index < -0.39 is 18.2 Å². The monoisotopic (exact) mass is 258 g/mol. The van der Waals surface area contributed by atoms with E-state index in [4.69, 9.17) is 5.11 Å². The van der Waals surface area contributed by atoms with E-state index >= 15 is 0 Å². The summed E-state index contributed by atoms with van der Waals surface area (Å²) in [7, 11) is 0. The van der Waals surface area contributed by atoms with Crippen molar-refractivity contribution in [3.63, 3.8) is 0 Å². The Morgan fingerprint density at radius 2 is 1.67 bits per heavy atom. The average molecular weight is 258 g/mol. The van der Waals surface area contributed by atoms with Crippen molar-refractivity contribution in [2.24, 2.45) is 0 Å². The first-order valence-corrected chi connectivity index (χ1v) is 6.27. The van der Waals surface area contributed by atoms with Crippen LogP contribution in [0.4, 0.5) is 0 Å². The lowest BCUT2D eigenvalue weighted by Gasteiger charge is -2.13. The predicted octanol–water partition coefficient (Wildman–Crippen LogP) is 1.28. The van der Waals surface area contributed by atoms with Crippen LogP contribution >= 0.6 is 0 Å². The van der Waals surface area contributed by atoms with Gasteiger partial charge in [0.2, 0.25) is 0 Å². The van der Waals surface area contributed by atoms with E-state index in [-0.39, 0.29) is 6.42 Å². The molecule has 0 aromatic carbocycles. The predicted molar refractivity (Wildman–Crippen MR) is 67.2 cm³/mol. The minimum Gasteiger partial charge on any atom is -0.481 e. The smallest absolute Gasteiger partial charge is 0.303 e. The number of hydrogen-bond donors (Lipinski definition) is 3. The first kappa shape index (κ1) is 16.8. The maximum atomic E-state index is 10.2. The lowest BCUT2D eigenvalue weighted by Crippen LogP contribution is -2.23. The largest absolute Gasteiger partial charge is 0.481 e. The number of carbonyl (C=O) groups is 2. The van der Waals surface area contributed by atoms with Gasteiger partial charge in [0, 0.05) is 6.42 Å². The van der Waals surface area contributed by atoms with Crippen molar-refractivity contribution in [2.75, 3.05) is 0 Å². The molecule has 0 bridgehead atoms. The quantitative estimate of drug-likeness (QED) is 0.295. The molecule has 2 unspecified atom stereocenters. The minimum absolute atomic E-state index is 0.206. The molecule has 0 aliphatic carbocycles. The highest BCUT2D eigenvalue weighted by Gasteiger charge is 2.12. The lowest BCUT2D eigenvalue weighted by atomic mass is 10.0. The van der Waals surface area contributed by atoms with Gasteiger partial charge in [-0.2, -0.15) is 0 Å². The van der Waals surface area contributed by atoms with Crippen molar-refractivity contribution in [2.45, 2.75) is 57.2 Å². The van der Waals surface area contributed by atoms with Gasteiger partial charge in [0.05, 0.1) is 12.2 Å². The van der Waals surface area contributed by atoms with E-state index in [2.05, 4.69) is 0 Å². The molecule has 0 spiro atoms. The fourth-order valence-corrected chi connectivity index (χ4v) is 1.62. The zero-order valence-corrected chi connectivity index (χ0v) is 10.5. The molecule has 2 atom stereocenters. The molecule has 0 aliphatic heterocycles. The molecule has 104 valence electrons. The van der Waals surface area contributed by atoms with Crippen molar-refractivity contribution in [3.05, 3.63) is 12.2 Å². The minimum atomic E-state index is -0.998. The van der Waals surface area contributed by atoms with Crippen LogP contribution in [0.15, 0.2) is 12.2 Å². The fraction of sp³-hybridized carbons (Fsp3) is 0.692. The number of aliphatic hydroxyl groups is 2. The molecule has 3 N–H and O–H groups in total. The number of aliphatic carboxylic acids is 1. The van der Waals surface area contributed by atoms with Crippen LogP contribution in [0.3, 0.4) is 0 Å². The molecule has 0 radical (unpaired) electrons. The number of unbranched alkanes of at least 4 members (excludes halogenated alkanes) is 4. The van der Waals surface area contributed by atoms with Crippen LogP contribution in [-0.4, -0.2) is 39.8 Å². The summed E-state index contributed by atoms with van der Waals surface area (Å²) in [5, 5.41) is 27.3. The first-order chi connectivity index (χ1) is 8.57. The maximum Gasteiger partial charge on any atom is 0.303 e. The number of carboxylic acids is 1. The summed E-state index contributed by atoms with van der Waals surface area (Å²) in [6.45, 7) is 0.